The molecular formula is C10H6BrF3S. The molecule has 1 aromatic carbocycles. The lowest BCUT2D eigenvalue weighted by molar-refractivity contribution is -0.137. The largest absolute Gasteiger partial charge is 0.416 e. The van der Waals surface area contributed by atoms with Crippen molar-refractivity contribution in [3.05, 3.63) is 34.7 Å². The summed E-state index contributed by atoms with van der Waals surface area (Å²) in [7, 11) is 0. The highest BCUT2D eigenvalue weighted by Gasteiger charge is 2.30. The SMILES string of the molecule is FC(F)(F)c1ccc2cc(CBr)sc2c1. The summed E-state index contributed by atoms with van der Waals surface area (Å²) < 4.78 is 37.9. The molecule has 0 nitrogen and oxygen atoms in total. The van der Waals surface area contributed by atoms with Crippen LogP contribution in [0.5, 0.6) is 0 Å². The Kier molecular flexibility index (Phi) is 2.77. The second kappa shape index (κ2) is 3.79. The number of fused-ring (bicyclic) bond motifs is 1. The van der Waals surface area contributed by atoms with Crippen LogP contribution in [0.3, 0.4) is 0 Å². The van der Waals surface area contributed by atoms with Gasteiger partial charge in [0.05, 0.1) is 5.56 Å². The van der Waals surface area contributed by atoms with E-state index in [0.717, 1.165) is 16.3 Å². The predicted octanol–water partition coefficient (Wildman–Crippen LogP) is 4.82. The molecule has 0 aliphatic carbocycles. The maximum Gasteiger partial charge on any atom is 0.416 e. The first-order chi connectivity index (χ1) is 7.00. The summed E-state index contributed by atoms with van der Waals surface area (Å²) in [5, 5.41) is 1.54. The summed E-state index contributed by atoms with van der Waals surface area (Å²) in [4.78, 5) is 1.03. The van der Waals surface area contributed by atoms with E-state index >= 15 is 0 Å². The molecule has 0 saturated carbocycles. The van der Waals surface area contributed by atoms with Gasteiger partial charge in [0.15, 0.2) is 0 Å². The van der Waals surface area contributed by atoms with E-state index in [9.17, 15) is 13.2 Å². The van der Waals surface area contributed by atoms with Crippen molar-refractivity contribution in [3.8, 4) is 0 Å². The molecule has 0 N–H and O–H groups in total. The van der Waals surface area contributed by atoms with Crippen molar-refractivity contribution >= 4 is 37.4 Å². The van der Waals surface area contributed by atoms with Gasteiger partial charge < -0.3 is 0 Å². The van der Waals surface area contributed by atoms with Crippen molar-refractivity contribution in [1.82, 2.24) is 0 Å². The molecule has 2 aromatic rings. The molecule has 1 aromatic heterocycles. The summed E-state index contributed by atoms with van der Waals surface area (Å²) in [6.45, 7) is 0. The van der Waals surface area contributed by atoms with Gasteiger partial charge in [-0.2, -0.15) is 13.2 Å². The summed E-state index contributed by atoms with van der Waals surface area (Å²) in [5.41, 5.74) is -0.585. The lowest BCUT2D eigenvalue weighted by Gasteiger charge is -2.05. The first-order valence-corrected chi connectivity index (χ1v) is 6.10. The molecule has 0 fully saturated rings. The average Bonchev–Trinajstić information content (AvgIpc) is 2.57. The van der Waals surface area contributed by atoms with Gasteiger partial charge in [-0.05, 0) is 23.6 Å². The predicted molar refractivity (Wildman–Crippen MR) is 59.5 cm³/mol. The van der Waals surface area contributed by atoms with Crippen LogP contribution in [0, 0.1) is 0 Å². The van der Waals surface area contributed by atoms with E-state index in [0.29, 0.717) is 10.0 Å². The summed E-state index contributed by atoms with van der Waals surface area (Å²) >= 11 is 4.66. The van der Waals surface area contributed by atoms with E-state index in [1.165, 1.54) is 23.5 Å². The topological polar surface area (TPSA) is 0 Å². The quantitative estimate of drug-likeness (QED) is 0.662. The first-order valence-electron chi connectivity index (χ1n) is 4.16. The van der Waals surface area contributed by atoms with Crippen molar-refractivity contribution < 1.29 is 13.2 Å². The number of benzene rings is 1. The third-order valence-electron chi connectivity index (χ3n) is 2.03. The number of rotatable bonds is 1. The van der Waals surface area contributed by atoms with Crippen LogP contribution in [0.15, 0.2) is 24.3 Å². The van der Waals surface area contributed by atoms with Gasteiger partial charge in [-0.1, -0.05) is 22.0 Å². The zero-order valence-electron chi connectivity index (χ0n) is 7.44. The molecule has 0 amide bonds. The Morgan fingerprint density at radius 2 is 1.93 bits per heavy atom. The van der Waals surface area contributed by atoms with E-state index in [1.54, 1.807) is 0 Å². The second-order valence-electron chi connectivity index (χ2n) is 3.10. The smallest absolute Gasteiger partial charge is 0.166 e. The number of halogens is 4. The Morgan fingerprint density at radius 1 is 1.20 bits per heavy atom. The number of hydrogen-bond donors (Lipinski definition) is 0. The van der Waals surface area contributed by atoms with Gasteiger partial charge in [0.1, 0.15) is 0 Å². The van der Waals surface area contributed by atoms with Crippen molar-refractivity contribution in [3.63, 3.8) is 0 Å². The summed E-state index contributed by atoms with van der Waals surface area (Å²) in [6, 6.07) is 5.73. The fraction of sp³-hybridized carbons (Fsp3) is 0.200. The Hall–Kier alpha value is -0.550. The summed E-state index contributed by atoms with van der Waals surface area (Å²) in [5.74, 6) is 0. The molecule has 80 valence electrons. The standard InChI is InChI=1S/C10H6BrF3S/c11-5-8-3-6-1-2-7(10(12,13)14)4-9(6)15-8/h1-4H,5H2. The highest BCUT2D eigenvalue weighted by molar-refractivity contribution is 9.08. The van der Waals surface area contributed by atoms with Gasteiger partial charge in [-0.25, -0.2) is 0 Å². The van der Waals surface area contributed by atoms with E-state index in [4.69, 9.17) is 0 Å². The molecule has 0 aliphatic rings. The van der Waals surface area contributed by atoms with Crippen LogP contribution in [0.2, 0.25) is 0 Å². The lowest BCUT2D eigenvalue weighted by Crippen LogP contribution is -2.03. The molecule has 0 spiro atoms. The van der Waals surface area contributed by atoms with Gasteiger partial charge in [0.2, 0.25) is 0 Å². The van der Waals surface area contributed by atoms with Crippen LogP contribution in [-0.2, 0) is 11.5 Å². The molecule has 0 saturated heterocycles. The van der Waals surface area contributed by atoms with Crippen molar-refractivity contribution in [2.24, 2.45) is 0 Å². The van der Waals surface area contributed by atoms with Crippen LogP contribution < -0.4 is 0 Å². The van der Waals surface area contributed by atoms with Crippen molar-refractivity contribution in [2.75, 3.05) is 0 Å². The van der Waals surface area contributed by atoms with E-state index in [-0.39, 0.29) is 0 Å². The molecule has 2 rings (SSSR count). The second-order valence-corrected chi connectivity index (χ2v) is 4.83. The van der Waals surface area contributed by atoms with Crippen LogP contribution in [0.4, 0.5) is 13.2 Å². The molecule has 0 radical (unpaired) electrons. The number of hydrogen-bond acceptors (Lipinski definition) is 1. The third-order valence-corrected chi connectivity index (χ3v) is 4.10. The van der Waals surface area contributed by atoms with Gasteiger partial charge >= 0.3 is 6.18 Å². The maximum absolute atomic E-state index is 12.4. The van der Waals surface area contributed by atoms with Gasteiger partial charge in [0, 0.05) is 14.9 Å². The molecule has 0 aliphatic heterocycles. The molecule has 1 heterocycles. The van der Waals surface area contributed by atoms with E-state index in [1.807, 2.05) is 6.07 Å². The normalized spacial score (nSPS) is 12.3. The van der Waals surface area contributed by atoms with Crippen LogP contribution in [0.1, 0.15) is 10.4 Å². The molecular weight excluding hydrogens is 289 g/mol. The fourth-order valence-corrected chi connectivity index (χ4v) is 2.79. The zero-order valence-corrected chi connectivity index (χ0v) is 9.84. The minimum absolute atomic E-state index is 0.585. The number of alkyl halides is 4. The van der Waals surface area contributed by atoms with E-state index < -0.39 is 11.7 Å². The van der Waals surface area contributed by atoms with Crippen LogP contribution in [0.25, 0.3) is 10.1 Å². The fourth-order valence-electron chi connectivity index (χ4n) is 1.33. The Bertz CT molecular complexity index is 487. The van der Waals surface area contributed by atoms with Crippen molar-refractivity contribution in [2.45, 2.75) is 11.5 Å². The van der Waals surface area contributed by atoms with Crippen LogP contribution >= 0.6 is 27.3 Å². The van der Waals surface area contributed by atoms with Crippen molar-refractivity contribution in [1.29, 1.82) is 0 Å². The monoisotopic (exact) mass is 294 g/mol. The summed E-state index contributed by atoms with van der Waals surface area (Å²) in [6.07, 6.45) is -4.26. The van der Waals surface area contributed by atoms with Gasteiger partial charge in [-0.15, -0.1) is 11.3 Å². The lowest BCUT2D eigenvalue weighted by atomic mass is 10.2. The maximum atomic E-state index is 12.4. The molecule has 0 bridgehead atoms. The Morgan fingerprint density at radius 3 is 2.53 bits per heavy atom. The third kappa shape index (κ3) is 2.18. The highest BCUT2D eigenvalue weighted by atomic mass is 79.9. The van der Waals surface area contributed by atoms with Crippen LogP contribution in [-0.4, -0.2) is 0 Å². The molecule has 0 atom stereocenters. The average molecular weight is 295 g/mol. The highest BCUT2D eigenvalue weighted by Crippen LogP contribution is 2.34. The minimum atomic E-state index is -4.26. The minimum Gasteiger partial charge on any atom is -0.166 e. The van der Waals surface area contributed by atoms with Gasteiger partial charge in [-0.3, -0.25) is 0 Å². The Balaban J connectivity index is 2.55. The molecule has 15 heavy (non-hydrogen) atoms. The van der Waals surface area contributed by atoms with Gasteiger partial charge in [0.25, 0.3) is 0 Å². The molecule has 0 unspecified atom stereocenters. The number of thiophene rings is 1. The van der Waals surface area contributed by atoms with E-state index in [2.05, 4.69) is 15.9 Å². The molecule has 5 heteroatoms. The Labute approximate surface area is 96.8 Å². The first kappa shape index (κ1) is 11.0. The zero-order chi connectivity index (χ0) is 11.1.